The van der Waals surface area contributed by atoms with Gasteiger partial charge in [-0.25, -0.2) is 0 Å². The summed E-state index contributed by atoms with van der Waals surface area (Å²) in [5.41, 5.74) is 0.673. The van der Waals surface area contributed by atoms with Crippen molar-refractivity contribution in [3.8, 4) is 0 Å². The standard InChI is InChI=1S/C13H27N/c1-5-6-12(4)9-14-10-13(7-8-13)11(2)3/h11-12,14H,5-10H2,1-4H3. The lowest BCUT2D eigenvalue weighted by Gasteiger charge is -2.21. The summed E-state index contributed by atoms with van der Waals surface area (Å²) in [6.07, 6.45) is 5.57. The van der Waals surface area contributed by atoms with Crippen molar-refractivity contribution in [2.75, 3.05) is 13.1 Å². The van der Waals surface area contributed by atoms with Gasteiger partial charge in [0.1, 0.15) is 0 Å². The Bertz CT molecular complexity index is 159. The highest BCUT2D eigenvalue weighted by Gasteiger charge is 2.44. The Morgan fingerprint density at radius 3 is 2.29 bits per heavy atom. The van der Waals surface area contributed by atoms with E-state index in [0.717, 1.165) is 11.8 Å². The SMILES string of the molecule is CCCC(C)CNCC1(C(C)C)CC1. The van der Waals surface area contributed by atoms with Crippen LogP contribution in [0.15, 0.2) is 0 Å². The molecule has 0 aromatic carbocycles. The molecule has 1 N–H and O–H groups in total. The van der Waals surface area contributed by atoms with Crippen molar-refractivity contribution in [3.63, 3.8) is 0 Å². The number of nitrogens with one attached hydrogen (secondary N) is 1. The van der Waals surface area contributed by atoms with Gasteiger partial charge in [0.25, 0.3) is 0 Å². The predicted molar refractivity (Wildman–Crippen MR) is 63.4 cm³/mol. The van der Waals surface area contributed by atoms with Crippen LogP contribution in [0.1, 0.15) is 53.4 Å². The summed E-state index contributed by atoms with van der Waals surface area (Å²) in [4.78, 5) is 0. The minimum atomic E-state index is 0.673. The lowest BCUT2D eigenvalue weighted by molar-refractivity contribution is 0.326. The molecule has 1 atom stereocenters. The fourth-order valence-electron chi connectivity index (χ4n) is 2.28. The van der Waals surface area contributed by atoms with Crippen LogP contribution in [0.4, 0.5) is 0 Å². The molecule has 1 saturated carbocycles. The topological polar surface area (TPSA) is 12.0 Å². The molecule has 0 amide bonds. The highest BCUT2D eigenvalue weighted by molar-refractivity contribution is 4.97. The Labute approximate surface area is 89.7 Å². The van der Waals surface area contributed by atoms with E-state index >= 15 is 0 Å². The average molecular weight is 197 g/mol. The minimum Gasteiger partial charge on any atom is -0.316 e. The van der Waals surface area contributed by atoms with Crippen LogP contribution >= 0.6 is 0 Å². The van der Waals surface area contributed by atoms with E-state index in [2.05, 4.69) is 33.0 Å². The minimum absolute atomic E-state index is 0.673. The molecule has 1 heteroatoms. The van der Waals surface area contributed by atoms with Crippen molar-refractivity contribution < 1.29 is 0 Å². The van der Waals surface area contributed by atoms with Crippen LogP contribution in [0.3, 0.4) is 0 Å². The number of hydrogen-bond acceptors (Lipinski definition) is 1. The van der Waals surface area contributed by atoms with E-state index in [0.29, 0.717) is 5.41 Å². The summed E-state index contributed by atoms with van der Waals surface area (Å²) in [6, 6.07) is 0. The van der Waals surface area contributed by atoms with E-state index in [1.165, 1.54) is 38.8 Å². The zero-order valence-corrected chi connectivity index (χ0v) is 10.4. The Morgan fingerprint density at radius 1 is 1.21 bits per heavy atom. The maximum atomic E-state index is 3.65. The molecule has 0 radical (unpaired) electrons. The first-order chi connectivity index (χ1) is 6.60. The van der Waals surface area contributed by atoms with Gasteiger partial charge in [-0.2, -0.15) is 0 Å². The molecule has 14 heavy (non-hydrogen) atoms. The highest BCUT2D eigenvalue weighted by atomic mass is 14.9. The molecule has 1 rings (SSSR count). The van der Waals surface area contributed by atoms with E-state index in [-0.39, 0.29) is 0 Å². The maximum absolute atomic E-state index is 3.65. The second-order valence-corrected chi connectivity index (χ2v) is 5.54. The van der Waals surface area contributed by atoms with Crippen molar-refractivity contribution in [3.05, 3.63) is 0 Å². The van der Waals surface area contributed by atoms with E-state index in [9.17, 15) is 0 Å². The average Bonchev–Trinajstić information content (AvgIpc) is 2.86. The highest BCUT2D eigenvalue weighted by Crippen LogP contribution is 2.51. The van der Waals surface area contributed by atoms with E-state index in [1.54, 1.807) is 0 Å². The third kappa shape index (κ3) is 3.27. The summed E-state index contributed by atoms with van der Waals surface area (Å²) in [5.74, 6) is 1.71. The summed E-state index contributed by atoms with van der Waals surface area (Å²) in [7, 11) is 0. The van der Waals surface area contributed by atoms with Gasteiger partial charge in [-0.15, -0.1) is 0 Å². The van der Waals surface area contributed by atoms with Crippen LogP contribution in [-0.4, -0.2) is 13.1 Å². The fourth-order valence-corrected chi connectivity index (χ4v) is 2.28. The Kier molecular flexibility index (Phi) is 4.43. The molecule has 1 aliphatic carbocycles. The Balaban J connectivity index is 2.09. The van der Waals surface area contributed by atoms with Gasteiger partial charge < -0.3 is 5.32 Å². The summed E-state index contributed by atoms with van der Waals surface area (Å²) in [6.45, 7) is 11.8. The van der Waals surface area contributed by atoms with Crippen molar-refractivity contribution in [2.24, 2.45) is 17.3 Å². The maximum Gasteiger partial charge on any atom is 0.00104 e. The molecule has 0 bridgehead atoms. The lowest BCUT2D eigenvalue weighted by Crippen LogP contribution is -2.30. The van der Waals surface area contributed by atoms with Crippen molar-refractivity contribution in [2.45, 2.75) is 53.4 Å². The van der Waals surface area contributed by atoms with Crippen molar-refractivity contribution in [1.29, 1.82) is 0 Å². The summed E-state index contributed by atoms with van der Waals surface area (Å²) < 4.78 is 0. The van der Waals surface area contributed by atoms with Gasteiger partial charge in [0.2, 0.25) is 0 Å². The smallest absolute Gasteiger partial charge is 0.00104 e. The van der Waals surface area contributed by atoms with Gasteiger partial charge in [-0.3, -0.25) is 0 Å². The van der Waals surface area contributed by atoms with Gasteiger partial charge in [0, 0.05) is 6.54 Å². The van der Waals surface area contributed by atoms with Gasteiger partial charge in [0.15, 0.2) is 0 Å². The van der Waals surface area contributed by atoms with E-state index < -0.39 is 0 Å². The van der Waals surface area contributed by atoms with Crippen molar-refractivity contribution in [1.82, 2.24) is 5.32 Å². The van der Waals surface area contributed by atoms with Gasteiger partial charge in [0.05, 0.1) is 0 Å². The van der Waals surface area contributed by atoms with Crippen LogP contribution in [0.5, 0.6) is 0 Å². The van der Waals surface area contributed by atoms with E-state index in [4.69, 9.17) is 0 Å². The zero-order chi connectivity index (χ0) is 10.6. The lowest BCUT2D eigenvalue weighted by atomic mass is 9.92. The number of hydrogen-bond donors (Lipinski definition) is 1. The van der Waals surface area contributed by atoms with Gasteiger partial charge >= 0.3 is 0 Å². The predicted octanol–water partition coefficient (Wildman–Crippen LogP) is 3.45. The van der Waals surface area contributed by atoms with Crippen molar-refractivity contribution >= 4 is 0 Å². The monoisotopic (exact) mass is 197 g/mol. The van der Waals surface area contributed by atoms with Crippen LogP contribution in [0, 0.1) is 17.3 Å². The molecule has 1 nitrogen and oxygen atoms in total. The largest absolute Gasteiger partial charge is 0.316 e. The molecule has 0 aromatic heterocycles. The molecular weight excluding hydrogens is 170 g/mol. The Morgan fingerprint density at radius 2 is 1.86 bits per heavy atom. The molecule has 0 heterocycles. The second kappa shape index (κ2) is 5.16. The first-order valence-corrected chi connectivity index (χ1v) is 6.31. The first kappa shape index (κ1) is 12.0. The molecule has 0 aromatic rings. The molecule has 1 unspecified atom stereocenters. The normalized spacial score (nSPS) is 21.2. The number of rotatable bonds is 7. The molecule has 0 saturated heterocycles. The molecule has 0 spiro atoms. The first-order valence-electron chi connectivity index (χ1n) is 6.31. The summed E-state index contributed by atoms with van der Waals surface area (Å²) in [5, 5.41) is 3.65. The Hall–Kier alpha value is -0.0400. The van der Waals surface area contributed by atoms with E-state index in [1.807, 2.05) is 0 Å². The summed E-state index contributed by atoms with van der Waals surface area (Å²) >= 11 is 0. The quantitative estimate of drug-likeness (QED) is 0.659. The molecule has 1 fully saturated rings. The molecule has 1 aliphatic rings. The molecule has 84 valence electrons. The zero-order valence-electron chi connectivity index (χ0n) is 10.4. The molecule has 0 aliphatic heterocycles. The third-order valence-corrected chi connectivity index (χ3v) is 3.87. The van der Waals surface area contributed by atoms with Crippen LogP contribution < -0.4 is 5.32 Å². The van der Waals surface area contributed by atoms with Crippen LogP contribution in [0.25, 0.3) is 0 Å². The van der Waals surface area contributed by atoms with Gasteiger partial charge in [-0.05, 0) is 43.1 Å². The van der Waals surface area contributed by atoms with Gasteiger partial charge in [-0.1, -0.05) is 34.1 Å². The third-order valence-electron chi connectivity index (χ3n) is 3.87. The van der Waals surface area contributed by atoms with Crippen LogP contribution in [-0.2, 0) is 0 Å². The fraction of sp³-hybridized carbons (Fsp3) is 1.00. The molecular formula is C13H27N. The second-order valence-electron chi connectivity index (χ2n) is 5.54. The van der Waals surface area contributed by atoms with Crippen LogP contribution in [0.2, 0.25) is 0 Å².